The van der Waals surface area contributed by atoms with Gasteiger partial charge in [0.05, 0.1) is 18.7 Å². The largest absolute Gasteiger partial charge is 0.469 e. The first-order valence-electron chi connectivity index (χ1n) is 7.36. The van der Waals surface area contributed by atoms with E-state index in [4.69, 9.17) is 16.0 Å². The summed E-state index contributed by atoms with van der Waals surface area (Å²) in [6.07, 6.45) is 2.40. The Balaban J connectivity index is 1.89. The highest BCUT2D eigenvalue weighted by Gasteiger charge is 2.17. The van der Waals surface area contributed by atoms with E-state index in [0.717, 1.165) is 11.3 Å². The number of rotatable bonds is 7. The number of hydrogen-bond acceptors (Lipinski definition) is 3. The van der Waals surface area contributed by atoms with E-state index in [0.29, 0.717) is 18.0 Å². The van der Waals surface area contributed by atoms with Crippen molar-refractivity contribution in [3.05, 3.63) is 59.0 Å². The maximum atomic E-state index is 12.1. The highest BCUT2D eigenvalue weighted by molar-refractivity contribution is 6.30. The molecule has 0 bridgehead atoms. The third-order valence-electron chi connectivity index (χ3n) is 3.31. The Labute approximate surface area is 140 Å². The zero-order valence-electron chi connectivity index (χ0n) is 12.8. The van der Waals surface area contributed by atoms with Crippen LogP contribution in [0.4, 0.5) is 0 Å². The Hall–Kier alpha value is -2.27. The molecule has 5 nitrogen and oxygen atoms in total. The van der Waals surface area contributed by atoms with E-state index in [1.807, 2.05) is 12.1 Å². The van der Waals surface area contributed by atoms with E-state index in [-0.39, 0.29) is 24.3 Å². The van der Waals surface area contributed by atoms with Crippen molar-refractivity contribution in [1.29, 1.82) is 0 Å². The number of furan rings is 1. The Morgan fingerprint density at radius 3 is 2.57 bits per heavy atom. The smallest absolute Gasteiger partial charge is 0.222 e. The van der Waals surface area contributed by atoms with Crippen LogP contribution < -0.4 is 10.6 Å². The SMILES string of the molecule is CC(=O)N[C@@H](CC(=O)NCCc1ccco1)c1ccc(Cl)cc1. The van der Waals surface area contributed by atoms with Crippen molar-refractivity contribution in [3.63, 3.8) is 0 Å². The van der Waals surface area contributed by atoms with E-state index < -0.39 is 0 Å². The molecule has 1 heterocycles. The molecule has 0 aliphatic carbocycles. The molecule has 0 aliphatic heterocycles. The maximum Gasteiger partial charge on any atom is 0.222 e. The van der Waals surface area contributed by atoms with Gasteiger partial charge in [-0.2, -0.15) is 0 Å². The zero-order valence-corrected chi connectivity index (χ0v) is 13.6. The van der Waals surface area contributed by atoms with Crippen molar-refractivity contribution in [3.8, 4) is 0 Å². The zero-order chi connectivity index (χ0) is 16.7. The first-order valence-corrected chi connectivity index (χ1v) is 7.74. The van der Waals surface area contributed by atoms with Crippen LogP contribution in [0.2, 0.25) is 5.02 Å². The molecule has 1 aromatic heterocycles. The van der Waals surface area contributed by atoms with Gasteiger partial charge in [-0.25, -0.2) is 0 Å². The fourth-order valence-corrected chi connectivity index (χ4v) is 2.36. The summed E-state index contributed by atoms with van der Waals surface area (Å²) in [5, 5.41) is 6.23. The Morgan fingerprint density at radius 1 is 1.22 bits per heavy atom. The van der Waals surface area contributed by atoms with Crippen LogP contribution in [0.15, 0.2) is 47.1 Å². The molecule has 1 aromatic carbocycles. The lowest BCUT2D eigenvalue weighted by molar-refractivity contribution is -0.122. The quantitative estimate of drug-likeness (QED) is 0.818. The van der Waals surface area contributed by atoms with Gasteiger partial charge in [-0.15, -0.1) is 0 Å². The highest BCUT2D eigenvalue weighted by Crippen LogP contribution is 2.19. The van der Waals surface area contributed by atoms with Gasteiger partial charge >= 0.3 is 0 Å². The van der Waals surface area contributed by atoms with Crippen LogP contribution >= 0.6 is 11.6 Å². The number of halogens is 1. The average molecular weight is 335 g/mol. The lowest BCUT2D eigenvalue weighted by atomic mass is 10.0. The Kier molecular flexibility index (Phi) is 6.23. The molecule has 0 radical (unpaired) electrons. The number of carbonyl (C=O) groups is 2. The van der Waals surface area contributed by atoms with E-state index in [1.54, 1.807) is 30.5 Å². The Morgan fingerprint density at radius 2 is 1.96 bits per heavy atom. The molecular formula is C17H19ClN2O3. The molecule has 0 fully saturated rings. The number of carbonyl (C=O) groups excluding carboxylic acids is 2. The maximum absolute atomic E-state index is 12.1. The second kappa shape index (κ2) is 8.39. The molecule has 2 amide bonds. The molecule has 2 aromatic rings. The standard InChI is InChI=1S/C17H19ClN2O3/c1-12(21)20-16(13-4-6-14(18)7-5-13)11-17(22)19-9-8-15-3-2-10-23-15/h2-7,10,16H,8-9,11H2,1H3,(H,19,22)(H,20,21)/t16-/m0/s1. The molecular weight excluding hydrogens is 316 g/mol. The predicted octanol–water partition coefficient (Wildman–Crippen LogP) is 2.86. The lowest BCUT2D eigenvalue weighted by Crippen LogP contribution is -2.33. The van der Waals surface area contributed by atoms with Crippen LogP contribution in [0, 0.1) is 0 Å². The topological polar surface area (TPSA) is 71.3 Å². The molecule has 2 N–H and O–H groups in total. The normalized spacial score (nSPS) is 11.7. The summed E-state index contributed by atoms with van der Waals surface area (Å²) in [6.45, 7) is 1.91. The molecule has 2 rings (SSSR count). The lowest BCUT2D eigenvalue weighted by Gasteiger charge is -2.18. The van der Waals surface area contributed by atoms with Crippen molar-refractivity contribution in [2.75, 3.05) is 6.54 Å². The van der Waals surface area contributed by atoms with Crippen molar-refractivity contribution in [1.82, 2.24) is 10.6 Å². The van der Waals surface area contributed by atoms with E-state index >= 15 is 0 Å². The monoisotopic (exact) mass is 334 g/mol. The van der Waals surface area contributed by atoms with Gasteiger partial charge in [0, 0.05) is 24.9 Å². The molecule has 0 unspecified atom stereocenters. The minimum Gasteiger partial charge on any atom is -0.469 e. The van der Waals surface area contributed by atoms with Gasteiger partial charge < -0.3 is 15.1 Å². The van der Waals surface area contributed by atoms with Gasteiger partial charge in [0.1, 0.15) is 5.76 Å². The molecule has 0 saturated heterocycles. The Bertz CT molecular complexity index is 638. The van der Waals surface area contributed by atoms with Gasteiger partial charge in [0.25, 0.3) is 0 Å². The van der Waals surface area contributed by atoms with Crippen molar-refractivity contribution < 1.29 is 14.0 Å². The second-order valence-corrected chi connectivity index (χ2v) is 5.62. The highest BCUT2D eigenvalue weighted by atomic mass is 35.5. The molecule has 0 saturated carbocycles. The molecule has 1 atom stereocenters. The summed E-state index contributed by atoms with van der Waals surface area (Å²) in [7, 11) is 0. The fourth-order valence-electron chi connectivity index (χ4n) is 2.23. The third-order valence-corrected chi connectivity index (χ3v) is 3.57. The van der Waals surface area contributed by atoms with Crippen LogP contribution in [-0.4, -0.2) is 18.4 Å². The summed E-state index contributed by atoms with van der Waals surface area (Å²) in [6, 6.07) is 10.4. The number of benzene rings is 1. The first kappa shape index (κ1) is 17.1. The molecule has 23 heavy (non-hydrogen) atoms. The number of amides is 2. The fraction of sp³-hybridized carbons (Fsp3) is 0.294. The van der Waals surface area contributed by atoms with E-state index in [1.165, 1.54) is 6.92 Å². The van der Waals surface area contributed by atoms with Crippen molar-refractivity contribution in [2.45, 2.75) is 25.8 Å². The van der Waals surface area contributed by atoms with Crippen LogP contribution in [0.3, 0.4) is 0 Å². The summed E-state index contributed by atoms with van der Waals surface area (Å²) >= 11 is 5.87. The first-order chi connectivity index (χ1) is 11.0. The van der Waals surface area contributed by atoms with Crippen LogP contribution in [0.25, 0.3) is 0 Å². The van der Waals surface area contributed by atoms with E-state index in [2.05, 4.69) is 10.6 Å². The molecule has 122 valence electrons. The second-order valence-electron chi connectivity index (χ2n) is 5.19. The van der Waals surface area contributed by atoms with Gasteiger partial charge in [-0.1, -0.05) is 23.7 Å². The third kappa shape index (κ3) is 5.79. The van der Waals surface area contributed by atoms with Crippen LogP contribution in [-0.2, 0) is 16.0 Å². The van der Waals surface area contributed by atoms with Gasteiger partial charge in [0.15, 0.2) is 0 Å². The number of hydrogen-bond donors (Lipinski definition) is 2. The van der Waals surface area contributed by atoms with Crippen molar-refractivity contribution in [2.24, 2.45) is 0 Å². The summed E-state index contributed by atoms with van der Waals surface area (Å²) in [5.41, 5.74) is 0.839. The summed E-state index contributed by atoms with van der Waals surface area (Å²) in [4.78, 5) is 23.4. The average Bonchev–Trinajstić information content (AvgIpc) is 3.00. The van der Waals surface area contributed by atoms with Crippen molar-refractivity contribution >= 4 is 23.4 Å². The minimum absolute atomic E-state index is 0.134. The van der Waals surface area contributed by atoms with Crippen LogP contribution in [0.5, 0.6) is 0 Å². The van der Waals surface area contributed by atoms with Crippen LogP contribution in [0.1, 0.15) is 30.7 Å². The van der Waals surface area contributed by atoms with Gasteiger partial charge in [-0.3, -0.25) is 9.59 Å². The predicted molar refractivity (Wildman–Crippen MR) is 88.0 cm³/mol. The van der Waals surface area contributed by atoms with Gasteiger partial charge in [0.2, 0.25) is 11.8 Å². The minimum atomic E-state index is -0.381. The van der Waals surface area contributed by atoms with E-state index in [9.17, 15) is 9.59 Å². The molecule has 0 spiro atoms. The summed E-state index contributed by atoms with van der Waals surface area (Å²) < 4.78 is 5.21. The number of nitrogens with one attached hydrogen (secondary N) is 2. The molecule has 6 heteroatoms. The molecule has 0 aliphatic rings. The summed E-state index contributed by atoms with van der Waals surface area (Å²) in [5.74, 6) is 0.500. The van der Waals surface area contributed by atoms with Gasteiger partial charge in [-0.05, 0) is 29.8 Å².